The smallest absolute Gasteiger partial charge is 0.233 e. The summed E-state index contributed by atoms with van der Waals surface area (Å²) in [5, 5.41) is 6.14. The normalized spacial score (nSPS) is 17.0. The number of carbonyl (C=O) groups is 2. The maximum absolute atomic E-state index is 11.5. The predicted molar refractivity (Wildman–Crippen MR) is 71.1 cm³/mol. The van der Waals surface area contributed by atoms with E-state index in [2.05, 4.69) is 24.5 Å². The Morgan fingerprint density at radius 2 is 1.89 bits per heavy atom. The summed E-state index contributed by atoms with van der Waals surface area (Å²) in [6.45, 7) is 8.44. The summed E-state index contributed by atoms with van der Waals surface area (Å²) in [6.07, 6.45) is 1.86. The molecule has 1 rings (SSSR count). The number of likely N-dealkylation sites (tertiary alicyclic amines) is 1. The molecule has 1 aliphatic heterocycles. The van der Waals surface area contributed by atoms with Crippen molar-refractivity contribution in [1.29, 1.82) is 0 Å². The van der Waals surface area contributed by atoms with Crippen LogP contribution in [0.2, 0.25) is 0 Å². The van der Waals surface area contributed by atoms with Gasteiger partial charge in [0.05, 0.1) is 6.54 Å². The molecule has 0 aromatic heterocycles. The number of rotatable bonds is 5. The summed E-state index contributed by atoms with van der Waals surface area (Å²) < 4.78 is 0. The van der Waals surface area contributed by atoms with Gasteiger partial charge in [-0.1, -0.05) is 13.8 Å². The third-order valence-corrected chi connectivity index (χ3v) is 3.20. The van der Waals surface area contributed by atoms with Gasteiger partial charge in [-0.05, 0) is 18.8 Å². The van der Waals surface area contributed by atoms with Crippen molar-refractivity contribution in [3.8, 4) is 0 Å². The van der Waals surface area contributed by atoms with E-state index in [0.29, 0.717) is 18.5 Å². The monoisotopic (exact) mass is 255 g/mol. The van der Waals surface area contributed by atoms with E-state index in [-0.39, 0.29) is 11.8 Å². The fourth-order valence-electron chi connectivity index (χ4n) is 2.02. The summed E-state index contributed by atoms with van der Waals surface area (Å²) >= 11 is 0. The molecule has 0 radical (unpaired) electrons. The van der Waals surface area contributed by atoms with Gasteiger partial charge in [0, 0.05) is 32.6 Å². The number of nitrogens with one attached hydrogen (secondary N) is 2. The van der Waals surface area contributed by atoms with Crippen LogP contribution in [-0.2, 0) is 9.59 Å². The summed E-state index contributed by atoms with van der Waals surface area (Å²) in [5.74, 6) is 0.675. The lowest BCUT2D eigenvalue weighted by Crippen LogP contribution is -2.47. The van der Waals surface area contributed by atoms with Crippen molar-refractivity contribution in [3.63, 3.8) is 0 Å². The first-order chi connectivity index (χ1) is 8.49. The minimum absolute atomic E-state index is 0.0534. The van der Waals surface area contributed by atoms with Crippen molar-refractivity contribution >= 4 is 11.8 Å². The van der Waals surface area contributed by atoms with E-state index in [4.69, 9.17) is 0 Å². The highest BCUT2D eigenvalue weighted by molar-refractivity contribution is 5.78. The van der Waals surface area contributed by atoms with E-state index in [1.807, 2.05) is 4.90 Å². The Morgan fingerprint density at radius 3 is 2.39 bits per heavy atom. The lowest BCUT2D eigenvalue weighted by molar-refractivity contribution is -0.130. The molecule has 1 saturated heterocycles. The molecule has 0 unspecified atom stereocenters. The molecule has 1 fully saturated rings. The Hall–Kier alpha value is -1.10. The average Bonchev–Trinajstić information content (AvgIpc) is 2.34. The van der Waals surface area contributed by atoms with Crippen LogP contribution in [0.25, 0.3) is 0 Å². The molecule has 2 amide bonds. The molecule has 0 bridgehead atoms. The zero-order chi connectivity index (χ0) is 13.5. The molecule has 18 heavy (non-hydrogen) atoms. The summed E-state index contributed by atoms with van der Waals surface area (Å²) in [6, 6.07) is 0.352. The zero-order valence-electron chi connectivity index (χ0n) is 11.7. The molecule has 2 N–H and O–H groups in total. The maximum atomic E-state index is 11.5. The highest BCUT2D eigenvalue weighted by atomic mass is 16.2. The molecular formula is C13H25N3O2. The summed E-state index contributed by atoms with van der Waals surface area (Å²) in [7, 11) is 0. The Labute approximate surface area is 109 Å². The van der Waals surface area contributed by atoms with Crippen LogP contribution in [0.15, 0.2) is 0 Å². The van der Waals surface area contributed by atoms with E-state index in [9.17, 15) is 9.59 Å². The molecule has 5 heteroatoms. The van der Waals surface area contributed by atoms with Gasteiger partial charge in [-0.15, -0.1) is 0 Å². The van der Waals surface area contributed by atoms with Gasteiger partial charge in [-0.25, -0.2) is 0 Å². The van der Waals surface area contributed by atoms with Crippen molar-refractivity contribution in [3.05, 3.63) is 0 Å². The van der Waals surface area contributed by atoms with Crippen molar-refractivity contribution in [2.45, 2.75) is 39.7 Å². The van der Waals surface area contributed by atoms with Crippen LogP contribution in [0.5, 0.6) is 0 Å². The van der Waals surface area contributed by atoms with Crippen LogP contribution >= 0.6 is 0 Å². The maximum Gasteiger partial charge on any atom is 0.233 e. The van der Waals surface area contributed by atoms with Crippen molar-refractivity contribution in [2.75, 3.05) is 26.2 Å². The number of piperidine rings is 1. The molecule has 0 saturated carbocycles. The van der Waals surface area contributed by atoms with Crippen molar-refractivity contribution in [2.24, 2.45) is 5.92 Å². The minimum atomic E-state index is 0.0534. The van der Waals surface area contributed by atoms with Gasteiger partial charge >= 0.3 is 0 Å². The quantitative estimate of drug-likeness (QED) is 0.745. The number of amides is 2. The SMILES string of the molecule is CC(=O)N1CCC(NCC(=O)NCC(C)C)CC1. The van der Waals surface area contributed by atoms with E-state index < -0.39 is 0 Å². The van der Waals surface area contributed by atoms with Crippen molar-refractivity contribution < 1.29 is 9.59 Å². The molecule has 0 spiro atoms. The van der Waals surface area contributed by atoms with E-state index in [0.717, 1.165) is 32.5 Å². The third-order valence-electron chi connectivity index (χ3n) is 3.20. The van der Waals surface area contributed by atoms with Gasteiger partial charge in [-0.2, -0.15) is 0 Å². The van der Waals surface area contributed by atoms with Gasteiger partial charge in [0.2, 0.25) is 11.8 Å². The second kappa shape index (κ2) is 7.36. The molecule has 0 atom stereocenters. The van der Waals surface area contributed by atoms with Crippen LogP contribution in [0.3, 0.4) is 0 Å². The van der Waals surface area contributed by atoms with E-state index in [1.54, 1.807) is 6.92 Å². The predicted octanol–water partition coefficient (Wildman–Crippen LogP) is 0.359. The van der Waals surface area contributed by atoms with Gasteiger partial charge < -0.3 is 15.5 Å². The standard InChI is InChI=1S/C13H25N3O2/c1-10(2)8-15-13(18)9-14-12-4-6-16(7-5-12)11(3)17/h10,12,14H,4-9H2,1-3H3,(H,15,18). The number of hydrogen-bond acceptors (Lipinski definition) is 3. The first-order valence-corrected chi connectivity index (χ1v) is 6.74. The highest BCUT2D eigenvalue weighted by Crippen LogP contribution is 2.09. The first-order valence-electron chi connectivity index (χ1n) is 6.74. The van der Waals surface area contributed by atoms with Crippen LogP contribution in [0.4, 0.5) is 0 Å². The molecule has 1 aliphatic rings. The molecule has 0 aromatic rings. The van der Waals surface area contributed by atoms with Crippen molar-refractivity contribution in [1.82, 2.24) is 15.5 Å². The first kappa shape index (κ1) is 15.0. The van der Waals surface area contributed by atoms with Crippen LogP contribution < -0.4 is 10.6 Å². The zero-order valence-corrected chi connectivity index (χ0v) is 11.7. The Kier molecular flexibility index (Phi) is 6.12. The Balaban J connectivity index is 2.14. The fraction of sp³-hybridized carbons (Fsp3) is 0.846. The van der Waals surface area contributed by atoms with Crippen LogP contribution in [0, 0.1) is 5.92 Å². The molecule has 5 nitrogen and oxygen atoms in total. The van der Waals surface area contributed by atoms with Gasteiger partial charge in [0.25, 0.3) is 0 Å². The lowest BCUT2D eigenvalue weighted by atomic mass is 10.1. The molecule has 1 heterocycles. The van der Waals surface area contributed by atoms with Gasteiger partial charge in [0.1, 0.15) is 0 Å². The Bertz CT molecular complexity index is 284. The topological polar surface area (TPSA) is 61.4 Å². The lowest BCUT2D eigenvalue weighted by Gasteiger charge is -2.31. The van der Waals surface area contributed by atoms with E-state index >= 15 is 0 Å². The Morgan fingerprint density at radius 1 is 1.28 bits per heavy atom. The summed E-state index contributed by atoms with van der Waals surface area (Å²) in [5.41, 5.74) is 0. The number of carbonyl (C=O) groups excluding carboxylic acids is 2. The molecule has 0 aliphatic carbocycles. The highest BCUT2D eigenvalue weighted by Gasteiger charge is 2.20. The minimum Gasteiger partial charge on any atom is -0.355 e. The van der Waals surface area contributed by atoms with Crippen LogP contribution in [0.1, 0.15) is 33.6 Å². The second-order valence-corrected chi connectivity index (χ2v) is 5.36. The second-order valence-electron chi connectivity index (χ2n) is 5.36. The number of hydrogen-bond donors (Lipinski definition) is 2. The molecule has 0 aromatic carbocycles. The van der Waals surface area contributed by atoms with Gasteiger partial charge in [-0.3, -0.25) is 9.59 Å². The van der Waals surface area contributed by atoms with E-state index in [1.165, 1.54) is 0 Å². The molecular weight excluding hydrogens is 230 g/mol. The fourth-order valence-corrected chi connectivity index (χ4v) is 2.02. The molecule has 104 valence electrons. The third kappa shape index (κ3) is 5.49. The summed E-state index contributed by atoms with van der Waals surface area (Å²) in [4.78, 5) is 24.5. The number of nitrogens with zero attached hydrogens (tertiary/aromatic N) is 1. The average molecular weight is 255 g/mol. The largest absolute Gasteiger partial charge is 0.355 e. The van der Waals surface area contributed by atoms with Gasteiger partial charge in [0.15, 0.2) is 0 Å². The van der Waals surface area contributed by atoms with Crippen LogP contribution in [-0.4, -0.2) is 48.9 Å².